The number of carbonyl (C=O) groups excluding carboxylic acids is 1. The lowest BCUT2D eigenvalue weighted by Crippen LogP contribution is -2.17. The Labute approximate surface area is 115 Å². The smallest absolute Gasteiger partial charge is 0.360 e. The van der Waals surface area contributed by atoms with Crippen LogP contribution in [0.2, 0.25) is 0 Å². The number of carbonyl (C=O) groups is 1. The Morgan fingerprint density at radius 2 is 2.20 bits per heavy atom. The predicted molar refractivity (Wildman–Crippen MR) is 74.2 cm³/mol. The summed E-state index contributed by atoms with van der Waals surface area (Å²) < 4.78 is 5.21. The fourth-order valence-corrected chi connectivity index (χ4v) is 1.96. The van der Waals surface area contributed by atoms with Crippen molar-refractivity contribution in [1.82, 2.24) is 4.98 Å². The molecule has 2 heterocycles. The first kappa shape index (κ1) is 12.6. The van der Waals surface area contributed by atoms with Crippen molar-refractivity contribution in [2.75, 3.05) is 5.32 Å². The molecule has 1 fully saturated rings. The highest BCUT2D eigenvalue weighted by Gasteiger charge is 2.24. The third-order valence-electron chi connectivity index (χ3n) is 3.22. The first-order chi connectivity index (χ1) is 9.72. The summed E-state index contributed by atoms with van der Waals surface area (Å²) in [6.07, 6.45) is 5.94. The molecule has 1 N–H and O–H groups in total. The molecule has 1 aliphatic rings. The van der Waals surface area contributed by atoms with Crippen LogP contribution < -0.4 is 10.9 Å². The number of nitrogens with zero attached hydrogens (tertiary/aromatic N) is 1. The van der Waals surface area contributed by atoms with E-state index in [2.05, 4.69) is 10.3 Å². The SMILES string of the molecule is O=C(CC1CC1)Nc1ccc(-c2cccnc2)oc1=O. The Bertz CT molecular complexity index is 675. The highest BCUT2D eigenvalue weighted by atomic mass is 16.4. The average molecular weight is 270 g/mol. The number of anilines is 1. The van der Waals surface area contributed by atoms with Crippen LogP contribution in [-0.2, 0) is 4.79 Å². The standard InChI is InChI=1S/C15H14N2O3/c18-14(8-10-3-4-10)17-12-5-6-13(20-15(12)19)11-2-1-7-16-9-11/h1-2,5-7,9-10H,3-4,8H2,(H,17,18). The minimum atomic E-state index is -0.546. The highest BCUT2D eigenvalue weighted by molar-refractivity contribution is 5.90. The molecule has 0 atom stereocenters. The summed E-state index contributed by atoms with van der Waals surface area (Å²) in [5.74, 6) is 0.786. The van der Waals surface area contributed by atoms with E-state index in [1.807, 2.05) is 0 Å². The maximum Gasteiger partial charge on any atom is 0.360 e. The van der Waals surface area contributed by atoms with Gasteiger partial charge in [-0.25, -0.2) is 4.79 Å². The van der Waals surface area contributed by atoms with Gasteiger partial charge < -0.3 is 9.73 Å². The molecule has 0 spiro atoms. The van der Waals surface area contributed by atoms with Crippen molar-refractivity contribution >= 4 is 11.6 Å². The van der Waals surface area contributed by atoms with Crippen molar-refractivity contribution in [1.29, 1.82) is 0 Å². The quantitative estimate of drug-likeness (QED) is 0.926. The molecular weight excluding hydrogens is 256 g/mol. The van der Waals surface area contributed by atoms with Crippen LogP contribution in [0.25, 0.3) is 11.3 Å². The van der Waals surface area contributed by atoms with Gasteiger partial charge in [-0.1, -0.05) is 0 Å². The Morgan fingerprint density at radius 3 is 2.85 bits per heavy atom. The van der Waals surface area contributed by atoms with Gasteiger partial charge in [0.15, 0.2) is 0 Å². The molecule has 1 aliphatic carbocycles. The maximum absolute atomic E-state index is 11.8. The molecule has 5 heteroatoms. The normalized spacial score (nSPS) is 14.0. The van der Waals surface area contributed by atoms with Gasteiger partial charge in [-0.15, -0.1) is 0 Å². The first-order valence-electron chi connectivity index (χ1n) is 6.57. The number of amides is 1. The molecule has 1 amide bonds. The summed E-state index contributed by atoms with van der Waals surface area (Å²) in [5.41, 5.74) is 0.360. The zero-order valence-electron chi connectivity index (χ0n) is 10.8. The number of aromatic nitrogens is 1. The van der Waals surface area contributed by atoms with Crippen molar-refractivity contribution in [2.24, 2.45) is 5.92 Å². The summed E-state index contributed by atoms with van der Waals surface area (Å²) in [6, 6.07) is 6.79. The molecule has 2 aromatic heterocycles. The molecule has 0 unspecified atom stereocenters. The van der Waals surface area contributed by atoms with Gasteiger partial charge in [0, 0.05) is 24.4 Å². The van der Waals surface area contributed by atoms with Crippen molar-refractivity contribution < 1.29 is 9.21 Å². The van der Waals surface area contributed by atoms with E-state index in [4.69, 9.17) is 4.42 Å². The lowest BCUT2D eigenvalue weighted by atomic mass is 10.2. The Balaban J connectivity index is 1.77. The summed E-state index contributed by atoms with van der Waals surface area (Å²) in [4.78, 5) is 27.5. The third kappa shape index (κ3) is 2.93. The van der Waals surface area contributed by atoms with Crippen molar-refractivity contribution in [3.8, 4) is 11.3 Å². The fraction of sp³-hybridized carbons (Fsp3) is 0.267. The van der Waals surface area contributed by atoms with Gasteiger partial charge in [0.2, 0.25) is 5.91 Å². The number of rotatable bonds is 4. The molecule has 0 radical (unpaired) electrons. The maximum atomic E-state index is 11.8. The number of hydrogen-bond donors (Lipinski definition) is 1. The number of hydrogen-bond acceptors (Lipinski definition) is 4. The largest absolute Gasteiger partial charge is 0.421 e. The summed E-state index contributed by atoms with van der Waals surface area (Å²) in [6.45, 7) is 0. The Morgan fingerprint density at radius 1 is 1.35 bits per heavy atom. The molecule has 0 bridgehead atoms. The molecule has 3 rings (SSSR count). The Hall–Kier alpha value is -2.43. The van der Waals surface area contributed by atoms with Crippen LogP contribution in [0.4, 0.5) is 5.69 Å². The molecule has 2 aromatic rings. The molecule has 20 heavy (non-hydrogen) atoms. The fourth-order valence-electron chi connectivity index (χ4n) is 1.96. The Kier molecular flexibility index (Phi) is 3.33. The van der Waals surface area contributed by atoms with Gasteiger partial charge in [0.25, 0.3) is 0 Å². The summed E-state index contributed by atoms with van der Waals surface area (Å²) in [5, 5.41) is 2.60. The third-order valence-corrected chi connectivity index (χ3v) is 3.22. The van der Waals surface area contributed by atoms with Crippen LogP contribution in [0.15, 0.2) is 45.9 Å². The molecule has 0 aromatic carbocycles. The van der Waals surface area contributed by atoms with E-state index in [1.54, 1.807) is 36.7 Å². The molecule has 5 nitrogen and oxygen atoms in total. The van der Waals surface area contributed by atoms with Crippen LogP contribution >= 0.6 is 0 Å². The van der Waals surface area contributed by atoms with Gasteiger partial charge in [-0.3, -0.25) is 9.78 Å². The van der Waals surface area contributed by atoms with Gasteiger partial charge in [-0.2, -0.15) is 0 Å². The van der Waals surface area contributed by atoms with Crippen LogP contribution in [0, 0.1) is 5.92 Å². The van der Waals surface area contributed by atoms with Crippen LogP contribution in [-0.4, -0.2) is 10.9 Å². The highest BCUT2D eigenvalue weighted by Crippen LogP contribution is 2.32. The van der Waals surface area contributed by atoms with Crippen LogP contribution in [0.5, 0.6) is 0 Å². The predicted octanol–water partition coefficient (Wildman–Crippen LogP) is 2.44. The average Bonchev–Trinajstić information content (AvgIpc) is 3.26. The van der Waals surface area contributed by atoms with E-state index in [-0.39, 0.29) is 11.6 Å². The van der Waals surface area contributed by atoms with Crippen molar-refractivity contribution in [3.63, 3.8) is 0 Å². The van der Waals surface area contributed by atoms with E-state index in [9.17, 15) is 9.59 Å². The topological polar surface area (TPSA) is 72.2 Å². The number of nitrogens with one attached hydrogen (secondary N) is 1. The van der Waals surface area contributed by atoms with Gasteiger partial charge >= 0.3 is 5.63 Å². The van der Waals surface area contributed by atoms with E-state index in [1.165, 1.54) is 0 Å². The minimum absolute atomic E-state index is 0.131. The lowest BCUT2D eigenvalue weighted by molar-refractivity contribution is -0.116. The summed E-state index contributed by atoms with van der Waals surface area (Å²) >= 11 is 0. The zero-order valence-corrected chi connectivity index (χ0v) is 10.8. The zero-order chi connectivity index (χ0) is 13.9. The molecule has 0 aliphatic heterocycles. The van der Waals surface area contributed by atoms with E-state index in [0.717, 1.165) is 18.4 Å². The molecule has 0 saturated heterocycles. The molecular formula is C15H14N2O3. The van der Waals surface area contributed by atoms with E-state index >= 15 is 0 Å². The second-order valence-electron chi connectivity index (χ2n) is 4.94. The van der Waals surface area contributed by atoms with Gasteiger partial charge in [0.05, 0.1) is 0 Å². The monoisotopic (exact) mass is 270 g/mol. The van der Waals surface area contributed by atoms with E-state index in [0.29, 0.717) is 18.1 Å². The van der Waals surface area contributed by atoms with Gasteiger partial charge in [0.1, 0.15) is 11.4 Å². The first-order valence-corrected chi connectivity index (χ1v) is 6.57. The van der Waals surface area contributed by atoms with Crippen molar-refractivity contribution in [2.45, 2.75) is 19.3 Å². The molecule has 102 valence electrons. The second kappa shape index (κ2) is 5.28. The lowest BCUT2D eigenvalue weighted by Gasteiger charge is -2.04. The second-order valence-corrected chi connectivity index (χ2v) is 4.94. The number of pyridine rings is 1. The van der Waals surface area contributed by atoms with Crippen LogP contribution in [0.3, 0.4) is 0 Å². The van der Waals surface area contributed by atoms with Crippen LogP contribution in [0.1, 0.15) is 19.3 Å². The van der Waals surface area contributed by atoms with Crippen molar-refractivity contribution in [3.05, 3.63) is 47.1 Å². The minimum Gasteiger partial charge on any atom is -0.421 e. The van der Waals surface area contributed by atoms with Gasteiger partial charge in [-0.05, 0) is 43.0 Å². The van der Waals surface area contributed by atoms with E-state index < -0.39 is 5.63 Å². The summed E-state index contributed by atoms with van der Waals surface area (Å²) in [7, 11) is 0. The molecule has 1 saturated carbocycles.